The van der Waals surface area contributed by atoms with E-state index in [4.69, 9.17) is 0 Å². The highest BCUT2D eigenvalue weighted by atomic mass is 79.9. The second kappa shape index (κ2) is 7.28. The minimum Gasteiger partial charge on any atom is -0.336 e. The van der Waals surface area contributed by atoms with Crippen LogP contribution >= 0.6 is 15.9 Å². The van der Waals surface area contributed by atoms with Crippen molar-refractivity contribution in [2.75, 3.05) is 37.7 Å². The van der Waals surface area contributed by atoms with Gasteiger partial charge in [-0.15, -0.1) is 5.10 Å². The number of piperazine rings is 1. The zero-order chi connectivity index (χ0) is 19.0. The van der Waals surface area contributed by atoms with Gasteiger partial charge in [-0.1, -0.05) is 15.9 Å². The molecule has 0 bridgehead atoms. The molecule has 9 nitrogen and oxygen atoms in total. The maximum absolute atomic E-state index is 13.1. The van der Waals surface area contributed by atoms with Crippen LogP contribution in [0.1, 0.15) is 16.8 Å². The van der Waals surface area contributed by atoms with E-state index in [1.807, 2.05) is 6.07 Å². The molecule has 27 heavy (non-hydrogen) atoms. The fourth-order valence-electron chi connectivity index (χ4n) is 3.67. The number of benzene rings is 1. The zero-order valence-electron chi connectivity index (χ0n) is 14.5. The van der Waals surface area contributed by atoms with Crippen LogP contribution in [0.25, 0.3) is 5.69 Å². The van der Waals surface area contributed by atoms with Gasteiger partial charge in [0.1, 0.15) is 6.33 Å². The van der Waals surface area contributed by atoms with Crippen molar-refractivity contribution < 1.29 is 13.2 Å². The van der Waals surface area contributed by atoms with E-state index in [0.29, 0.717) is 43.9 Å². The van der Waals surface area contributed by atoms with Crippen LogP contribution in [-0.4, -0.2) is 88.1 Å². The first-order valence-corrected chi connectivity index (χ1v) is 11.3. The molecule has 0 spiro atoms. The zero-order valence-corrected chi connectivity index (χ0v) is 16.9. The predicted octanol–water partition coefficient (Wildman–Crippen LogP) is 0.370. The van der Waals surface area contributed by atoms with E-state index in [0.717, 1.165) is 4.47 Å². The molecule has 2 saturated heterocycles. The average Bonchev–Trinajstić information content (AvgIpc) is 3.31. The number of carbonyl (C=O) groups excluding carboxylic acids is 1. The molecular weight excluding hydrogens is 436 g/mol. The molecule has 2 aliphatic rings. The maximum Gasteiger partial charge on any atom is 0.256 e. The van der Waals surface area contributed by atoms with Crippen LogP contribution < -0.4 is 0 Å². The SMILES string of the molecule is O=C(c1cc(Br)ccc1-n1cnnn1)N1CCN([C@H]2CCS(=O)(=O)C2)CC1. The van der Waals surface area contributed by atoms with Crippen LogP contribution in [0, 0.1) is 0 Å². The molecule has 1 aromatic carbocycles. The van der Waals surface area contributed by atoms with E-state index in [2.05, 4.69) is 36.4 Å². The van der Waals surface area contributed by atoms with Gasteiger partial charge in [0.05, 0.1) is 22.8 Å². The van der Waals surface area contributed by atoms with Crippen molar-refractivity contribution in [3.8, 4) is 5.69 Å². The second-order valence-corrected chi connectivity index (χ2v) is 9.95. The largest absolute Gasteiger partial charge is 0.336 e. The van der Waals surface area contributed by atoms with Crippen LogP contribution in [0.15, 0.2) is 29.0 Å². The first-order chi connectivity index (χ1) is 12.9. The summed E-state index contributed by atoms with van der Waals surface area (Å²) >= 11 is 3.42. The first-order valence-electron chi connectivity index (χ1n) is 8.70. The Bertz CT molecular complexity index is 941. The molecule has 3 heterocycles. The fourth-order valence-corrected chi connectivity index (χ4v) is 5.80. The van der Waals surface area contributed by atoms with Crippen molar-refractivity contribution in [2.24, 2.45) is 0 Å². The van der Waals surface area contributed by atoms with Crippen molar-refractivity contribution in [1.82, 2.24) is 30.0 Å². The number of sulfone groups is 1. The lowest BCUT2D eigenvalue weighted by atomic mass is 10.1. The lowest BCUT2D eigenvalue weighted by Gasteiger charge is -2.37. The van der Waals surface area contributed by atoms with Gasteiger partial charge < -0.3 is 4.90 Å². The third-order valence-electron chi connectivity index (χ3n) is 5.11. The standard InChI is InChI=1S/C16H19BrN6O3S/c17-12-1-2-15(23-11-18-19-20-23)14(9-12)16(24)22-6-4-21(5-7-22)13-3-8-27(25,26)10-13/h1-2,9,11,13H,3-8,10H2/t13-/m0/s1. The number of amides is 1. The molecule has 2 fully saturated rings. The smallest absolute Gasteiger partial charge is 0.256 e. The molecule has 1 amide bonds. The molecule has 0 unspecified atom stereocenters. The summed E-state index contributed by atoms with van der Waals surface area (Å²) < 4.78 is 25.7. The van der Waals surface area contributed by atoms with Gasteiger partial charge in [0.15, 0.2) is 9.84 Å². The lowest BCUT2D eigenvalue weighted by Crippen LogP contribution is -2.52. The molecule has 144 valence electrons. The number of tetrazole rings is 1. The second-order valence-electron chi connectivity index (χ2n) is 6.80. The van der Waals surface area contributed by atoms with Crippen LogP contribution in [0.2, 0.25) is 0 Å². The normalized spacial score (nSPS) is 22.9. The topological polar surface area (TPSA) is 101 Å². The molecule has 2 aliphatic heterocycles. The number of nitrogens with zero attached hydrogens (tertiary/aromatic N) is 6. The Morgan fingerprint density at radius 2 is 1.96 bits per heavy atom. The van der Waals surface area contributed by atoms with Gasteiger partial charge >= 0.3 is 0 Å². The van der Waals surface area contributed by atoms with Gasteiger partial charge in [-0.25, -0.2) is 8.42 Å². The summed E-state index contributed by atoms with van der Waals surface area (Å²) in [6.07, 6.45) is 2.14. The van der Waals surface area contributed by atoms with E-state index in [1.165, 1.54) is 11.0 Å². The minimum atomic E-state index is -2.90. The van der Waals surface area contributed by atoms with Crippen LogP contribution in [0.5, 0.6) is 0 Å². The minimum absolute atomic E-state index is 0.0786. The fraction of sp³-hybridized carbons (Fsp3) is 0.500. The van der Waals surface area contributed by atoms with Gasteiger partial charge in [-0.3, -0.25) is 9.69 Å². The highest BCUT2D eigenvalue weighted by Crippen LogP contribution is 2.23. The summed E-state index contributed by atoms with van der Waals surface area (Å²) in [4.78, 5) is 17.1. The monoisotopic (exact) mass is 454 g/mol. The van der Waals surface area contributed by atoms with Crippen LogP contribution in [0.3, 0.4) is 0 Å². The van der Waals surface area contributed by atoms with Crippen molar-refractivity contribution in [2.45, 2.75) is 12.5 Å². The van der Waals surface area contributed by atoms with Gasteiger partial charge in [0, 0.05) is 36.7 Å². The molecule has 0 saturated carbocycles. The Balaban J connectivity index is 1.48. The molecule has 4 rings (SSSR count). The average molecular weight is 455 g/mol. The van der Waals surface area contributed by atoms with Crippen molar-refractivity contribution >= 4 is 31.7 Å². The number of aromatic nitrogens is 4. The maximum atomic E-state index is 13.1. The molecule has 11 heteroatoms. The number of halogens is 1. The molecule has 0 N–H and O–H groups in total. The molecular formula is C16H19BrN6O3S. The van der Waals surface area contributed by atoms with E-state index >= 15 is 0 Å². The third-order valence-corrected chi connectivity index (χ3v) is 7.35. The summed E-state index contributed by atoms with van der Waals surface area (Å²) in [6, 6.07) is 5.49. The predicted molar refractivity (Wildman–Crippen MR) is 101 cm³/mol. The molecule has 1 atom stereocenters. The van der Waals surface area contributed by atoms with Crippen molar-refractivity contribution in [1.29, 1.82) is 0 Å². The third kappa shape index (κ3) is 3.90. The van der Waals surface area contributed by atoms with Gasteiger partial charge in [0.25, 0.3) is 5.91 Å². The molecule has 1 aromatic heterocycles. The van der Waals surface area contributed by atoms with E-state index in [9.17, 15) is 13.2 Å². The van der Waals surface area contributed by atoms with Gasteiger partial charge in [-0.05, 0) is 35.0 Å². The number of rotatable bonds is 3. The van der Waals surface area contributed by atoms with E-state index in [1.54, 1.807) is 17.0 Å². The highest BCUT2D eigenvalue weighted by molar-refractivity contribution is 9.10. The van der Waals surface area contributed by atoms with Crippen LogP contribution in [0.4, 0.5) is 0 Å². The summed E-state index contributed by atoms with van der Waals surface area (Å²) in [6.45, 7) is 2.49. The van der Waals surface area contributed by atoms with Crippen molar-refractivity contribution in [3.63, 3.8) is 0 Å². The molecule has 0 radical (unpaired) electrons. The number of hydrogen-bond donors (Lipinski definition) is 0. The summed E-state index contributed by atoms with van der Waals surface area (Å²) in [7, 11) is -2.90. The van der Waals surface area contributed by atoms with E-state index < -0.39 is 9.84 Å². The first kappa shape index (κ1) is 18.5. The quantitative estimate of drug-likeness (QED) is 0.659. The van der Waals surface area contributed by atoms with Gasteiger partial charge in [-0.2, -0.15) is 4.68 Å². The van der Waals surface area contributed by atoms with Crippen LogP contribution in [-0.2, 0) is 9.84 Å². The Morgan fingerprint density at radius 1 is 1.19 bits per heavy atom. The molecule has 2 aromatic rings. The van der Waals surface area contributed by atoms with E-state index in [-0.39, 0.29) is 23.5 Å². The summed E-state index contributed by atoms with van der Waals surface area (Å²) in [5.41, 5.74) is 1.14. The van der Waals surface area contributed by atoms with Gasteiger partial charge in [0.2, 0.25) is 0 Å². The lowest BCUT2D eigenvalue weighted by molar-refractivity contribution is 0.0587. The number of carbonyl (C=O) groups is 1. The number of hydrogen-bond acceptors (Lipinski definition) is 7. The molecule has 0 aliphatic carbocycles. The summed E-state index contributed by atoms with van der Waals surface area (Å²) in [5.74, 6) is 0.417. The Morgan fingerprint density at radius 3 is 2.59 bits per heavy atom. The Kier molecular flexibility index (Phi) is 4.99. The highest BCUT2D eigenvalue weighted by Gasteiger charge is 2.34. The Hall–Kier alpha value is -1.85. The summed E-state index contributed by atoms with van der Waals surface area (Å²) in [5, 5.41) is 11.2. The Labute approximate surface area is 165 Å². The van der Waals surface area contributed by atoms with Crippen molar-refractivity contribution in [3.05, 3.63) is 34.6 Å².